The van der Waals surface area contributed by atoms with Crippen LogP contribution in [0.25, 0.3) is 11.5 Å². The first-order valence-electron chi connectivity index (χ1n) is 8.71. The van der Waals surface area contributed by atoms with E-state index in [0.29, 0.717) is 22.6 Å². The number of aromatic nitrogens is 2. The normalized spacial score (nSPS) is 10.7. The van der Waals surface area contributed by atoms with Gasteiger partial charge in [-0.25, -0.2) is 0 Å². The second-order valence-electron chi connectivity index (χ2n) is 6.10. The van der Waals surface area contributed by atoms with E-state index in [-0.39, 0.29) is 17.8 Å². The maximum absolute atomic E-state index is 12.3. The minimum absolute atomic E-state index is 0.0159. The van der Waals surface area contributed by atoms with Crippen LogP contribution in [0.5, 0.6) is 11.5 Å². The van der Waals surface area contributed by atoms with E-state index in [1.54, 1.807) is 13.2 Å². The zero-order chi connectivity index (χ0) is 19.9. The predicted molar refractivity (Wildman–Crippen MR) is 108 cm³/mol. The lowest BCUT2D eigenvalue weighted by molar-refractivity contribution is -0.113. The molecule has 7 nitrogen and oxygen atoms in total. The molecule has 0 aliphatic carbocycles. The number of ether oxygens (including phenoxy) is 2. The Morgan fingerprint density at radius 2 is 1.89 bits per heavy atom. The van der Waals surface area contributed by atoms with Gasteiger partial charge in [0.25, 0.3) is 5.22 Å². The highest BCUT2D eigenvalue weighted by Gasteiger charge is 2.13. The molecule has 2 aromatic carbocycles. The maximum atomic E-state index is 12.3. The Labute approximate surface area is 167 Å². The number of thioether (sulfide) groups is 1. The molecule has 1 N–H and O–H groups in total. The molecule has 0 saturated carbocycles. The summed E-state index contributed by atoms with van der Waals surface area (Å²) in [7, 11) is 1.61. The smallest absolute Gasteiger partial charge is 0.277 e. The zero-order valence-electron chi connectivity index (χ0n) is 15.8. The van der Waals surface area contributed by atoms with Gasteiger partial charge in [0.1, 0.15) is 11.5 Å². The van der Waals surface area contributed by atoms with Gasteiger partial charge in [0.2, 0.25) is 11.8 Å². The van der Waals surface area contributed by atoms with Gasteiger partial charge in [0, 0.05) is 5.56 Å². The molecule has 0 bridgehead atoms. The number of benzene rings is 2. The Kier molecular flexibility index (Phi) is 6.54. The molecule has 0 unspecified atom stereocenters. The monoisotopic (exact) mass is 399 g/mol. The molecule has 0 saturated heterocycles. The number of carbonyl (C=O) groups excluding carboxylic acids is 1. The number of para-hydroxylation sites is 2. The third kappa shape index (κ3) is 5.26. The van der Waals surface area contributed by atoms with E-state index in [9.17, 15) is 4.79 Å². The van der Waals surface area contributed by atoms with Crippen LogP contribution in [0.4, 0.5) is 5.69 Å². The number of carbonyl (C=O) groups is 1. The van der Waals surface area contributed by atoms with Crippen molar-refractivity contribution in [1.82, 2.24) is 10.2 Å². The third-order valence-electron chi connectivity index (χ3n) is 3.59. The van der Waals surface area contributed by atoms with Crippen molar-refractivity contribution in [3.8, 4) is 23.0 Å². The number of anilines is 1. The van der Waals surface area contributed by atoms with Crippen LogP contribution in [0.15, 0.2) is 58.2 Å². The molecule has 8 heteroatoms. The first-order valence-corrected chi connectivity index (χ1v) is 9.70. The largest absolute Gasteiger partial charge is 0.497 e. The van der Waals surface area contributed by atoms with Crippen LogP contribution in [0.3, 0.4) is 0 Å². The molecule has 0 radical (unpaired) electrons. The van der Waals surface area contributed by atoms with Crippen molar-refractivity contribution in [3.63, 3.8) is 0 Å². The van der Waals surface area contributed by atoms with Crippen LogP contribution in [0, 0.1) is 0 Å². The standard InChI is InChI=1S/C20H21N3O4S/c1-13(2)26-17-7-5-4-6-16(17)21-18(24)12-28-20-23-22-19(27-20)14-8-10-15(25-3)11-9-14/h4-11,13H,12H2,1-3H3,(H,21,24). The van der Waals surface area contributed by atoms with Gasteiger partial charge < -0.3 is 19.2 Å². The van der Waals surface area contributed by atoms with Crippen molar-refractivity contribution in [2.75, 3.05) is 18.2 Å². The van der Waals surface area contributed by atoms with E-state index < -0.39 is 0 Å². The van der Waals surface area contributed by atoms with Crippen LogP contribution in [0.1, 0.15) is 13.8 Å². The van der Waals surface area contributed by atoms with Gasteiger partial charge in [-0.1, -0.05) is 23.9 Å². The summed E-state index contributed by atoms with van der Waals surface area (Å²) in [6, 6.07) is 14.6. The molecule has 3 aromatic rings. The Morgan fingerprint density at radius 1 is 1.14 bits per heavy atom. The summed E-state index contributed by atoms with van der Waals surface area (Å²) in [6.07, 6.45) is 0.0159. The van der Waals surface area contributed by atoms with Gasteiger partial charge in [-0.15, -0.1) is 10.2 Å². The van der Waals surface area contributed by atoms with Gasteiger partial charge in [-0.05, 0) is 50.2 Å². The second kappa shape index (κ2) is 9.27. The summed E-state index contributed by atoms with van der Waals surface area (Å²) >= 11 is 1.17. The van der Waals surface area contributed by atoms with Crippen LogP contribution >= 0.6 is 11.8 Å². The van der Waals surface area contributed by atoms with Crippen LogP contribution < -0.4 is 14.8 Å². The molecule has 28 heavy (non-hydrogen) atoms. The van der Waals surface area contributed by atoms with Gasteiger partial charge >= 0.3 is 0 Å². The van der Waals surface area contributed by atoms with E-state index in [1.807, 2.05) is 56.3 Å². The van der Waals surface area contributed by atoms with Crippen LogP contribution in [-0.2, 0) is 4.79 Å². The number of nitrogens with zero attached hydrogens (tertiary/aromatic N) is 2. The molecule has 3 rings (SSSR count). The number of methoxy groups -OCH3 is 1. The quantitative estimate of drug-likeness (QED) is 0.566. The van der Waals surface area contributed by atoms with E-state index in [0.717, 1.165) is 11.3 Å². The zero-order valence-corrected chi connectivity index (χ0v) is 16.7. The van der Waals surface area contributed by atoms with Crippen molar-refractivity contribution in [3.05, 3.63) is 48.5 Å². The molecular weight excluding hydrogens is 378 g/mol. The third-order valence-corrected chi connectivity index (χ3v) is 4.41. The number of nitrogens with one attached hydrogen (secondary N) is 1. The van der Waals surface area contributed by atoms with E-state index in [1.165, 1.54) is 11.8 Å². The van der Waals surface area contributed by atoms with E-state index in [4.69, 9.17) is 13.9 Å². The number of hydrogen-bond acceptors (Lipinski definition) is 7. The number of rotatable bonds is 8. The summed E-state index contributed by atoms with van der Waals surface area (Å²) < 4.78 is 16.5. The van der Waals surface area contributed by atoms with Gasteiger partial charge in [0.15, 0.2) is 0 Å². The summed E-state index contributed by atoms with van der Waals surface area (Å²) in [5, 5.41) is 11.2. The first-order chi connectivity index (χ1) is 13.5. The average molecular weight is 399 g/mol. The Morgan fingerprint density at radius 3 is 2.61 bits per heavy atom. The van der Waals surface area contributed by atoms with Crippen molar-refractivity contribution < 1.29 is 18.7 Å². The van der Waals surface area contributed by atoms with Crippen molar-refractivity contribution in [1.29, 1.82) is 0 Å². The fraction of sp³-hybridized carbons (Fsp3) is 0.250. The van der Waals surface area contributed by atoms with Gasteiger partial charge in [0.05, 0.1) is 24.7 Å². The fourth-order valence-corrected chi connectivity index (χ4v) is 2.92. The van der Waals surface area contributed by atoms with Crippen LogP contribution in [-0.4, -0.2) is 35.1 Å². The molecule has 0 aliphatic rings. The SMILES string of the molecule is COc1ccc(-c2nnc(SCC(=O)Nc3ccccc3OC(C)C)o2)cc1. The van der Waals surface area contributed by atoms with Gasteiger partial charge in [-0.3, -0.25) is 4.79 Å². The predicted octanol–water partition coefficient (Wildman–Crippen LogP) is 4.26. The second-order valence-corrected chi connectivity index (χ2v) is 7.03. The summed E-state index contributed by atoms with van der Waals surface area (Å²) in [6.45, 7) is 3.87. The molecule has 1 amide bonds. The minimum atomic E-state index is -0.186. The van der Waals surface area contributed by atoms with Gasteiger partial charge in [-0.2, -0.15) is 0 Å². The van der Waals surface area contributed by atoms with E-state index >= 15 is 0 Å². The Hall–Kier alpha value is -3.00. The number of hydrogen-bond donors (Lipinski definition) is 1. The van der Waals surface area contributed by atoms with Crippen LogP contribution in [0.2, 0.25) is 0 Å². The molecule has 1 aromatic heterocycles. The topological polar surface area (TPSA) is 86.5 Å². The summed E-state index contributed by atoms with van der Waals surface area (Å²) in [4.78, 5) is 12.3. The Bertz CT molecular complexity index is 925. The highest BCUT2D eigenvalue weighted by atomic mass is 32.2. The van der Waals surface area contributed by atoms with Crippen molar-refractivity contribution in [2.45, 2.75) is 25.2 Å². The Balaban J connectivity index is 1.57. The highest BCUT2D eigenvalue weighted by molar-refractivity contribution is 7.99. The average Bonchev–Trinajstić information content (AvgIpc) is 3.17. The first kappa shape index (κ1) is 19.8. The fourth-order valence-electron chi connectivity index (χ4n) is 2.36. The maximum Gasteiger partial charge on any atom is 0.277 e. The molecule has 1 heterocycles. The lowest BCUT2D eigenvalue weighted by atomic mass is 10.2. The molecule has 0 aliphatic heterocycles. The molecule has 0 spiro atoms. The minimum Gasteiger partial charge on any atom is -0.497 e. The molecule has 0 fully saturated rings. The van der Waals surface area contributed by atoms with Crippen molar-refractivity contribution >= 4 is 23.4 Å². The number of amides is 1. The highest BCUT2D eigenvalue weighted by Crippen LogP contribution is 2.27. The molecule has 0 atom stereocenters. The molecule has 146 valence electrons. The molecular formula is C20H21N3O4S. The summed E-state index contributed by atoms with van der Waals surface area (Å²) in [5.74, 6) is 1.72. The van der Waals surface area contributed by atoms with E-state index in [2.05, 4.69) is 15.5 Å². The summed E-state index contributed by atoms with van der Waals surface area (Å²) in [5.41, 5.74) is 1.41. The lowest BCUT2D eigenvalue weighted by Crippen LogP contribution is -2.16. The lowest BCUT2D eigenvalue weighted by Gasteiger charge is -2.14. The van der Waals surface area contributed by atoms with Crippen molar-refractivity contribution in [2.24, 2.45) is 0 Å².